The van der Waals surface area contributed by atoms with E-state index in [1.54, 1.807) is 19.9 Å². The SMILES string of the molecule is CC(C)(NCc1cc(F)cc(Br)c1)C(=O)O. The summed E-state index contributed by atoms with van der Waals surface area (Å²) in [6.45, 7) is 3.42. The molecule has 1 aromatic carbocycles. The second-order valence-corrected chi connectivity index (χ2v) is 4.98. The summed E-state index contributed by atoms with van der Waals surface area (Å²) in [6, 6.07) is 4.47. The number of halogens is 2. The van der Waals surface area contributed by atoms with Crippen LogP contribution in [0.5, 0.6) is 0 Å². The summed E-state index contributed by atoms with van der Waals surface area (Å²) in [5.74, 6) is -1.29. The highest BCUT2D eigenvalue weighted by Crippen LogP contribution is 2.15. The molecule has 88 valence electrons. The average Bonchev–Trinajstić information content (AvgIpc) is 2.13. The van der Waals surface area contributed by atoms with E-state index in [4.69, 9.17) is 5.11 Å². The van der Waals surface area contributed by atoms with E-state index in [0.717, 1.165) is 0 Å². The van der Waals surface area contributed by atoms with Crippen LogP contribution in [-0.4, -0.2) is 16.6 Å². The number of nitrogens with one attached hydrogen (secondary N) is 1. The van der Waals surface area contributed by atoms with Gasteiger partial charge in [-0.25, -0.2) is 4.39 Å². The van der Waals surface area contributed by atoms with Crippen molar-refractivity contribution in [2.45, 2.75) is 25.9 Å². The Morgan fingerprint density at radius 2 is 2.12 bits per heavy atom. The van der Waals surface area contributed by atoms with Gasteiger partial charge in [0.25, 0.3) is 0 Å². The summed E-state index contributed by atoms with van der Waals surface area (Å²) in [4.78, 5) is 10.8. The minimum absolute atomic E-state index is 0.301. The molecule has 16 heavy (non-hydrogen) atoms. The lowest BCUT2D eigenvalue weighted by molar-refractivity contribution is -0.143. The van der Waals surface area contributed by atoms with Crippen molar-refractivity contribution in [1.82, 2.24) is 5.32 Å². The van der Waals surface area contributed by atoms with E-state index < -0.39 is 11.5 Å². The largest absolute Gasteiger partial charge is 0.480 e. The van der Waals surface area contributed by atoms with Gasteiger partial charge in [-0.15, -0.1) is 0 Å². The first-order chi connectivity index (χ1) is 7.31. The third-order valence-electron chi connectivity index (χ3n) is 2.19. The van der Waals surface area contributed by atoms with E-state index in [1.165, 1.54) is 12.1 Å². The Morgan fingerprint density at radius 3 is 2.62 bits per heavy atom. The quantitative estimate of drug-likeness (QED) is 0.896. The van der Waals surface area contributed by atoms with Crippen molar-refractivity contribution in [1.29, 1.82) is 0 Å². The predicted molar refractivity (Wildman–Crippen MR) is 62.7 cm³/mol. The Morgan fingerprint density at radius 1 is 1.50 bits per heavy atom. The number of aliphatic carboxylic acids is 1. The summed E-state index contributed by atoms with van der Waals surface area (Å²) < 4.78 is 13.7. The lowest BCUT2D eigenvalue weighted by atomic mass is 10.1. The van der Waals surface area contributed by atoms with Crippen LogP contribution in [0.25, 0.3) is 0 Å². The molecule has 5 heteroatoms. The topological polar surface area (TPSA) is 49.3 Å². The Balaban J connectivity index is 2.71. The third-order valence-corrected chi connectivity index (χ3v) is 2.65. The Labute approximate surface area is 102 Å². The molecule has 1 aromatic rings. The summed E-state index contributed by atoms with van der Waals surface area (Å²) in [5, 5.41) is 11.7. The van der Waals surface area contributed by atoms with Crippen molar-refractivity contribution in [3.8, 4) is 0 Å². The fourth-order valence-corrected chi connectivity index (χ4v) is 1.62. The van der Waals surface area contributed by atoms with Gasteiger partial charge in [0.2, 0.25) is 0 Å². The zero-order valence-electron chi connectivity index (χ0n) is 9.05. The number of rotatable bonds is 4. The van der Waals surface area contributed by atoms with Crippen LogP contribution in [0.3, 0.4) is 0 Å². The molecule has 0 atom stereocenters. The Hall–Kier alpha value is -0.940. The molecule has 0 heterocycles. The highest BCUT2D eigenvalue weighted by atomic mass is 79.9. The second-order valence-electron chi connectivity index (χ2n) is 4.06. The summed E-state index contributed by atoms with van der Waals surface area (Å²) in [5.41, 5.74) is -0.333. The molecule has 0 aliphatic heterocycles. The van der Waals surface area contributed by atoms with Crippen molar-refractivity contribution >= 4 is 21.9 Å². The first-order valence-electron chi connectivity index (χ1n) is 4.74. The van der Waals surface area contributed by atoms with Gasteiger partial charge in [-0.3, -0.25) is 10.1 Å². The number of carboxylic acid groups (broad SMARTS) is 1. The Kier molecular flexibility index (Phi) is 4.04. The third kappa shape index (κ3) is 3.57. The normalized spacial score (nSPS) is 11.5. The zero-order chi connectivity index (χ0) is 12.3. The van der Waals surface area contributed by atoms with Gasteiger partial charge in [0.1, 0.15) is 11.4 Å². The van der Waals surface area contributed by atoms with E-state index in [9.17, 15) is 9.18 Å². The molecule has 0 unspecified atom stereocenters. The molecule has 0 radical (unpaired) electrons. The zero-order valence-corrected chi connectivity index (χ0v) is 10.6. The van der Waals surface area contributed by atoms with Crippen LogP contribution in [0.15, 0.2) is 22.7 Å². The number of hydrogen-bond acceptors (Lipinski definition) is 2. The van der Waals surface area contributed by atoms with Crippen LogP contribution >= 0.6 is 15.9 Å². The van der Waals surface area contributed by atoms with Crippen molar-refractivity contribution in [3.05, 3.63) is 34.1 Å². The van der Waals surface area contributed by atoms with Crippen molar-refractivity contribution in [2.24, 2.45) is 0 Å². The fourth-order valence-electron chi connectivity index (χ4n) is 1.11. The molecular weight excluding hydrogens is 277 g/mol. The summed E-state index contributed by atoms with van der Waals surface area (Å²) in [7, 11) is 0. The smallest absolute Gasteiger partial charge is 0.323 e. The maximum atomic E-state index is 13.0. The molecule has 0 fully saturated rings. The number of benzene rings is 1. The van der Waals surface area contributed by atoms with E-state index in [-0.39, 0.29) is 5.82 Å². The van der Waals surface area contributed by atoms with Crippen LogP contribution in [0, 0.1) is 5.82 Å². The molecule has 0 aliphatic carbocycles. The number of carboxylic acids is 1. The van der Waals surface area contributed by atoms with Gasteiger partial charge in [0.15, 0.2) is 0 Å². The maximum absolute atomic E-state index is 13.0. The molecule has 3 nitrogen and oxygen atoms in total. The molecule has 0 aromatic heterocycles. The first kappa shape index (κ1) is 13.1. The van der Waals surface area contributed by atoms with Crippen molar-refractivity contribution < 1.29 is 14.3 Å². The molecule has 0 saturated heterocycles. The van der Waals surface area contributed by atoms with Gasteiger partial charge in [-0.05, 0) is 37.6 Å². The molecule has 0 spiro atoms. The number of carbonyl (C=O) groups is 1. The van der Waals surface area contributed by atoms with Crippen LogP contribution in [0.4, 0.5) is 4.39 Å². The van der Waals surface area contributed by atoms with Crippen LogP contribution < -0.4 is 5.32 Å². The number of hydrogen-bond donors (Lipinski definition) is 2. The van der Waals surface area contributed by atoms with Crippen molar-refractivity contribution in [3.63, 3.8) is 0 Å². The molecule has 0 aliphatic rings. The van der Waals surface area contributed by atoms with Gasteiger partial charge >= 0.3 is 5.97 Å². The molecule has 0 amide bonds. The fraction of sp³-hybridized carbons (Fsp3) is 0.364. The lowest BCUT2D eigenvalue weighted by Crippen LogP contribution is -2.46. The molecular formula is C11H13BrFNO2. The van der Waals surface area contributed by atoms with Gasteiger partial charge in [0, 0.05) is 11.0 Å². The predicted octanol–water partition coefficient (Wildman–Crippen LogP) is 2.54. The first-order valence-corrected chi connectivity index (χ1v) is 5.54. The van der Waals surface area contributed by atoms with Gasteiger partial charge in [-0.2, -0.15) is 0 Å². The van der Waals surface area contributed by atoms with Crippen molar-refractivity contribution in [2.75, 3.05) is 0 Å². The van der Waals surface area contributed by atoms with E-state index in [0.29, 0.717) is 16.6 Å². The Bertz CT molecular complexity index is 387. The molecule has 2 N–H and O–H groups in total. The monoisotopic (exact) mass is 289 g/mol. The van der Waals surface area contributed by atoms with E-state index in [1.807, 2.05) is 0 Å². The van der Waals surface area contributed by atoms with E-state index in [2.05, 4.69) is 21.2 Å². The van der Waals surface area contributed by atoms with Crippen LogP contribution in [-0.2, 0) is 11.3 Å². The highest BCUT2D eigenvalue weighted by Gasteiger charge is 2.25. The average molecular weight is 290 g/mol. The van der Waals surface area contributed by atoms with Gasteiger partial charge < -0.3 is 5.11 Å². The van der Waals surface area contributed by atoms with Gasteiger partial charge in [-0.1, -0.05) is 15.9 Å². The standard InChI is InChI=1S/C11H13BrFNO2/c1-11(2,10(15)16)14-6-7-3-8(12)5-9(13)4-7/h3-5,14H,6H2,1-2H3,(H,15,16). The molecule has 0 bridgehead atoms. The lowest BCUT2D eigenvalue weighted by Gasteiger charge is -2.21. The highest BCUT2D eigenvalue weighted by molar-refractivity contribution is 9.10. The minimum atomic E-state index is -1.03. The summed E-state index contributed by atoms with van der Waals surface area (Å²) in [6.07, 6.45) is 0. The van der Waals surface area contributed by atoms with Gasteiger partial charge in [0.05, 0.1) is 0 Å². The molecule has 1 rings (SSSR count). The van der Waals surface area contributed by atoms with E-state index >= 15 is 0 Å². The second kappa shape index (κ2) is 4.93. The van der Waals surface area contributed by atoms with Crippen LogP contribution in [0.1, 0.15) is 19.4 Å². The van der Waals surface area contributed by atoms with Crippen LogP contribution in [0.2, 0.25) is 0 Å². The summed E-state index contributed by atoms with van der Waals surface area (Å²) >= 11 is 3.18. The molecule has 0 saturated carbocycles. The maximum Gasteiger partial charge on any atom is 0.323 e. The minimum Gasteiger partial charge on any atom is -0.480 e.